The van der Waals surface area contributed by atoms with Crippen molar-refractivity contribution in [1.82, 2.24) is 0 Å². The Morgan fingerprint density at radius 3 is 2.58 bits per heavy atom. The number of carboxylic acid groups (broad SMARTS) is 1. The molecule has 0 fully saturated rings. The number of carbonyl (C=O) groups excluding carboxylic acids is 1. The molecule has 4 rings (SSSR count). The van der Waals surface area contributed by atoms with Crippen LogP contribution in [0, 0.1) is 11.7 Å². The Hall–Kier alpha value is -3.39. The number of hydrogen-bond acceptors (Lipinski definition) is 5. The summed E-state index contributed by atoms with van der Waals surface area (Å²) in [7, 11) is 1.56. The first kappa shape index (κ1) is 22.8. The van der Waals surface area contributed by atoms with Crippen LogP contribution in [0.5, 0.6) is 11.5 Å². The van der Waals surface area contributed by atoms with Gasteiger partial charge in [-0.25, -0.2) is 9.18 Å². The fourth-order valence-electron chi connectivity index (χ4n) is 3.88. The summed E-state index contributed by atoms with van der Waals surface area (Å²) >= 11 is 1.13. The summed E-state index contributed by atoms with van der Waals surface area (Å²) in [5, 5.41) is 12.7. The molecule has 3 aromatic rings. The molecule has 1 aliphatic rings. The molecule has 1 atom stereocenters. The maximum atomic E-state index is 13.5. The van der Waals surface area contributed by atoms with E-state index in [0.717, 1.165) is 21.8 Å². The van der Waals surface area contributed by atoms with Crippen molar-refractivity contribution >= 4 is 28.9 Å². The third kappa shape index (κ3) is 4.57. The van der Waals surface area contributed by atoms with Gasteiger partial charge in [-0.15, -0.1) is 11.3 Å². The standard InChI is InChI=1S/C25H24FNO5S/c1-13(2)12-32-18-9-6-15(10-19(18)31-3)17-11-20(28)27-22-21(14-4-7-16(26)8-5-14)24(25(29)30)33-23(17)22/h4-10,13,17H,11-12H2,1-3H3,(H,27,28)(H,29,30)/t17-/m0/s1. The molecule has 2 N–H and O–H groups in total. The number of carbonyl (C=O) groups is 2. The van der Waals surface area contributed by atoms with Crippen LogP contribution in [0.3, 0.4) is 0 Å². The van der Waals surface area contributed by atoms with Crippen LogP contribution in [0.4, 0.5) is 10.1 Å². The molecular formula is C25H24FNO5S. The Kier molecular flexibility index (Phi) is 6.37. The molecule has 2 aromatic carbocycles. The molecule has 1 aliphatic heterocycles. The maximum absolute atomic E-state index is 13.5. The lowest BCUT2D eigenvalue weighted by atomic mass is 9.88. The molecule has 6 nitrogen and oxygen atoms in total. The number of aromatic carboxylic acids is 1. The Labute approximate surface area is 195 Å². The Bertz CT molecular complexity index is 1200. The summed E-state index contributed by atoms with van der Waals surface area (Å²) in [6.07, 6.45) is 0.171. The van der Waals surface area contributed by atoms with Crippen LogP contribution in [0.15, 0.2) is 42.5 Å². The summed E-state index contributed by atoms with van der Waals surface area (Å²) in [6, 6.07) is 11.1. The summed E-state index contributed by atoms with van der Waals surface area (Å²) in [4.78, 5) is 25.6. The van der Waals surface area contributed by atoms with Gasteiger partial charge in [-0.3, -0.25) is 4.79 Å². The highest BCUT2D eigenvalue weighted by atomic mass is 32.1. The zero-order valence-electron chi connectivity index (χ0n) is 18.5. The normalized spacial score (nSPS) is 15.2. The third-order valence-corrected chi connectivity index (χ3v) is 6.69. The summed E-state index contributed by atoms with van der Waals surface area (Å²) < 4.78 is 24.8. The maximum Gasteiger partial charge on any atom is 0.346 e. The number of carboxylic acids is 1. The first-order chi connectivity index (χ1) is 15.8. The van der Waals surface area contributed by atoms with Crippen molar-refractivity contribution < 1.29 is 28.6 Å². The van der Waals surface area contributed by atoms with Gasteiger partial charge >= 0.3 is 5.97 Å². The number of ether oxygens (including phenoxy) is 2. The van der Waals surface area contributed by atoms with Gasteiger partial charge < -0.3 is 19.9 Å². The average molecular weight is 470 g/mol. The average Bonchev–Trinajstić information content (AvgIpc) is 3.17. The van der Waals surface area contributed by atoms with E-state index in [2.05, 4.69) is 19.2 Å². The molecule has 1 amide bonds. The summed E-state index contributed by atoms with van der Waals surface area (Å²) in [5.41, 5.74) is 2.21. The number of fused-ring (bicyclic) bond motifs is 1. The van der Waals surface area contributed by atoms with Gasteiger partial charge in [-0.1, -0.05) is 32.0 Å². The van der Waals surface area contributed by atoms with Gasteiger partial charge in [0, 0.05) is 22.8 Å². The first-order valence-corrected chi connectivity index (χ1v) is 11.4. The van der Waals surface area contributed by atoms with E-state index in [1.165, 1.54) is 24.3 Å². The van der Waals surface area contributed by atoms with Crippen LogP contribution in [-0.4, -0.2) is 30.7 Å². The van der Waals surface area contributed by atoms with Crippen molar-refractivity contribution in [3.8, 4) is 22.6 Å². The van der Waals surface area contributed by atoms with Crippen molar-refractivity contribution in [1.29, 1.82) is 0 Å². The number of rotatable bonds is 7. The van der Waals surface area contributed by atoms with Crippen molar-refractivity contribution in [3.05, 3.63) is 63.6 Å². The minimum Gasteiger partial charge on any atom is -0.493 e. The van der Waals surface area contributed by atoms with Gasteiger partial charge in [0.25, 0.3) is 0 Å². The van der Waals surface area contributed by atoms with Gasteiger partial charge in [0.15, 0.2) is 11.5 Å². The quantitative estimate of drug-likeness (QED) is 0.459. The lowest BCUT2D eigenvalue weighted by Gasteiger charge is -2.24. The number of methoxy groups -OCH3 is 1. The fourth-order valence-corrected chi connectivity index (χ4v) is 5.12. The first-order valence-electron chi connectivity index (χ1n) is 10.5. The van der Waals surface area contributed by atoms with Crippen molar-refractivity contribution in [2.75, 3.05) is 19.0 Å². The molecule has 0 radical (unpaired) electrons. The zero-order chi connectivity index (χ0) is 23.7. The van der Waals surface area contributed by atoms with E-state index in [9.17, 15) is 19.1 Å². The van der Waals surface area contributed by atoms with E-state index >= 15 is 0 Å². The topological polar surface area (TPSA) is 84.9 Å². The molecule has 1 aromatic heterocycles. The number of thiophene rings is 1. The van der Waals surface area contributed by atoms with E-state index < -0.39 is 11.8 Å². The van der Waals surface area contributed by atoms with Crippen molar-refractivity contribution in [2.45, 2.75) is 26.2 Å². The number of hydrogen-bond donors (Lipinski definition) is 2. The van der Waals surface area contributed by atoms with E-state index in [4.69, 9.17) is 9.47 Å². The van der Waals surface area contributed by atoms with Crippen molar-refractivity contribution in [2.24, 2.45) is 5.92 Å². The largest absolute Gasteiger partial charge is 0.493 e. The number of nitrogens with one attached hydrogen (secondary N) is 1. The third-order valence-electron chi connectivity index (χ3n) is 5.40. The van der Waals surface area contributed by atoms with Crippen LogP contribution < -0.4 is 14.8 Å². The second-order valence-electron chi connectivity index (χ2n) is 8.28. The number of halogens is 1. The fraction of sp³-hybridized carbons (Fsp3) is 0.280. The molecule has 33 heavy (non-hydrogen) atoms. The Morgan fingerprint density at radius 2 is 1.94 bits per heavy atom. The van der Waals surface area contributed by atoms with Crippen LogP contribution in [-0.2, 0) is 4.79 Å². The Balaban J connectivity index is 1.81. The number of anilines is 1. The molecule has 8 heteroatoms. The van der Waals surface area contributed by atoms with Crippen LogP contribution in [0.1, 0.15) is 46.3 Å². The van der Waals surface area contributed by atoms with E-state index in [1.54, 1.807) is 7.11 Å². The summed E-state index contributed by atoms with van der Waals surface area (Å²) in [6.45, 7) is 4.65. The second kappa shape index (κ2) is 9.23. The minimum absolute atomic E-state index is 0.0997. The predicted octanol–water partition coefficient (Wildman–Crippen LogP) is 5.77. The van der Waals surface area contributed by atoms with Crippen molar-refractivity contribution in [3.63, 3.8) is 0 Å². The molecule has 0 bridgehead atoms. The van der Waals surface area contributed by atoms with Crippen LogP contribution >= 0.6 is 11.3 Å². The van der Waals surface area contributed by atoms with E-state index in [-0.39, 0.29) is 23.1 Å². The highest BCUT2D eigenvalue weighted by molar-refractivity contribution is 7.15. The summed E-state index contributed by atoms with van der Waals surface area (Å²) in [5.74, 6) is -0.576. The van der Waals surface area contributed by atoms with E-state index in [0.29, 0.717) is 40.8 Å². The van der Waals surface area contributed by atoms with Gasteiger partial charge in [0.05, 0.1) is 19.4 Å². The smallest absolute Gasteiger partial charge is 0.346 e. The SMILES string of the molecule is COc1cc([C@@H]2CC(=O)Nc3c2sc(C(=O)O)c3-c2ccc(F)cc2)ccc1OCC(C)C. The lowest BCUT2D eigenvalue weighted by molar-refractivity contribution is -0.116. The molecule has 0 spiro atoms. The van der Waals surface area contributed by atoms with Crippen LogP contribution in [0.2, 0.25) is 0 Å². The highest BCUT2D eigenvalue weighted by Gasteiger charge is 2.34. The van der Waals surface area contributed by atoms with Gasteiger partial charge in [0.2, 0.25) is 5.91 Å². The molecule has 172 valence electrons. The predicted molar refractivity (Wildman–Crippen MR) is 125 cm³/mol. The monoisotopic (exact) mass is 469 g/mol. The minimum atomic E-state index is -1.10. The van der Waals surface area contributed by atoms with Crippen LogP contribution in [0.25, 0.3) is 11.1 Å². The molecular weight excluding hydrogens is 445 g/mol. The molecule has 0 saturated heterocycles. The van der Waals surface area contributed by atoms with Gasteiger partial charge in [0.1, 0.15) is 10.7 Å². The van der Waals surface area contributed by atoms with Gasteiger partial charge in [-0.05, 0) is 41.3 Å². The Morgan fingerprint density at radius 1 is 1.21 bits per heavy atom. The van der Waals surface area contributed by atoms with Gasteiger partial charge in [-0.2, -0.15) is 0 Å². The lowest BCUT2D eigenvalue weighted by Crippen LogP contribution is -2.22. The zero-order valence-corrected chi connectivity index (χ0v) is 19.3. The number of benzene rings is 2. The molecule has 0 unspecified atom stereocenters. The molecule has 0 aliphatic carbocycles. The highest BCUT2D eigenvalue weighted by Crippen LogP contribution is 2.50. The van der Waals surface area contributed by atoms with E-state index in [1.807, 2.05) is 18.2 Å². The molecule has 2 heterocycles. The second-order valence-corrected chi connectivity index (χ2v) is 9.33. The molecule has 0 saturated carbocycles. The number of amides is 1.